The van der Waals surface area contributed by atoms with Gasteiger partial charge in [-0.15, -0.1) is 0 Å². The maximum absolute atomic E-state index is 13.1. The number of benzene rings is 1. The van der Waals surface area contributed by atoms with E-state index >= 15 is 0 Å². The fourth-order valence-electron chi connectivity index (χ4n) is 3.92. The number of aromatic nitrogens is 1. The minimum Gasteiger partial charge on any atom is -0.383 e. The lowest BCUT2D eigenvalue weighted by atomic mass is 9.99. The van der Waals surface area contributed by atoms with Crippen molar-refractivity contribution in [1.29, 1.82) is 0 Å². The summed E-state index contributed by atoms with van der Waals surface area (Å²) in [7, 11) is 1.58. The number of hydrogen-bond donors (Lipinski definition) is 1. The highest BCUT2D eigenvalue weighted by atomic mass is 35.5. The van der Waals surface area contributed by atoms with E-state index in [4.69, 9.17) is 16.3 Å². The van der Waals surface area contributed by atoms with Gasteiger partial charge in [-0.2, -0.15) is 0 Å². The molecule has 0 saturated carbocycles. The normalized spacial score (nSPS) is 16.1. The average molecular weight is 460 g/mol. The third-order valence-electron chi connectivity index (χ3n) is 5.64. The van der Waals surface area contributed by atoms with E-state index in [1.54, 1.807) is 22.6 Å². The van der Waals surface area contributed by atoms with E-state index in [0.29, 0.717) is 50.1 Å². The number of amides is 2. The largest absolute Gasteiger partial charge is 0.383 e. The Hall–Kier alpha value is -2.64. The molecule has 0 unspecified atom stereocenters. The summed E-state index contributed by atoms with van der Waals surface area (Å²) in [5.41, 5.74) is 0.432. The summed E-state index contributed by atoms with van der Waals surface area (Å²) in [4.78, 5) is 40.8. The van der Waals surface area contributed by atoms with Gasteiger partial charge in [-0.25, -0.2) is 0 Å². The van der Waals surface area contributed by atoms with Crippen molar-refractivity contribution in [2.45, 2.75) is 32.7 Å². The van der Waals surface area contributed by atoms with Crippen LogP contribution in [0.15, 0.2) is 41.5 Å². The molecule has 3 rings (SSSR count). The molecule has 8 heteroatoms. The molecule has 32 heavy (non-hydrogen) atoms. The van der Waals surface area contributed by atoms with Crippen LogP contribution in [0.3, 0.4) is 0 Å². The molecule has 0 bridgehead atoms. The minimum atomic E-state index is -0.540. The number of methoxy groups -OCH3 is 1. The number of hydrogen-bond acceptors (Lipinski definition) is 4. The molecule has 172 valence electrons. The molecule has 1 atom stereocenters. The average Bonchev–Trinajstić information content (AvgIpc) is 2.78. The zero-order chi connectivity index (χ0) is 23.1. The van der Waals surface area contributed by atoms with Gasteiger partial charge in [-0.3, -0.25) is 14.4 Å². The molecule has 1 aliphatic heterocycles. The molecule has 1 fully saturated rings. The Balaban J connectivity index is 1.80. The second-order valence-corrected chi connectivity index (χ2v) is 8.72. The fourth-order valence-corrected chi connectivity index (χ4v) is 4.14. The monoisotopic (exact) mass is 459 g/mol. The van der Waals surface area contributed by atoms with Crippen LogP contribution in [-0.4, -0.2) is 54.6 Å². The van der Waals surface area contributed by atoms with Crippen molar-refractivity contribution in [1.82, 2.24) is 14.8 Å². The van der Waals surface area contributed by atoms with Crippen LogP contribution < -0.4 is 10.7 Å². The first-order valence-corrected chi connectivity index (χ1v) is 11.3. The summed E-state index contributed by atoms with van der Waals surface area (Å²) in [5, 5.41) is 3.42. The fraction of sp³-hybridized carbons (Fsp3) is 0.458. The van der Waals surface area contributed by atoms with Crippen molar-refractivity contribution in [3.05, 3.63) is 68.6 Å². The summed E-state index contributed by atoms with van der Waals surface area (Å²) in [6.07, 6.45) is 5.58. The lowest BCUT2D eigenvalue weighted by Crippen LogP contribution is -2.42. The van der Waals surface area contributed by atoms with Gasteiger partial charge in [0.15, 0.2) is 0 Å². The topological polar surface area (TPSA) is 80.6 Å². The number of pyridine rings is 1. The van der Waals surface area contributed by atoms with E-state index in [0.717, 1.165) is 18.4 Å². The molecule has 7 nitrogen and oxygen atoms in total. The first-order chi connectivity index (χ1) is 15.4. The zero-order valence-electron chi connectivity index (χ0n) is 18.6. The summed E-state index contributed by atoms with van der Waals surface area (Å²) >= 11 is 6.00. The summed E-state index contributed by atoms with van der Waals surface area (Å²) in [5.74, 6) is -0.424. The van der Waals surface area contributed by atoms with Crippen molar-refractivity contribution in [2.75, 3.05) is 33.4 Å². The Bertz CT molecular complexity index is 1020. The second kappa shape index (κ2) is 11.3. The molecule has 2 aromatic rings. The minimum absolute atomic E-state index is 0.0256. The predicted molar refractivity (Wildman–Crippen MR) is 124 cm³/mol. The molecular formula is C24H30ClN3O4. The maximum Gasteiger partial charge on any atom is 0.259 e. The molecular weight excluding hydrogens is 430 g/mol. The Labute approximate surface area is 193 Å². The number of halogens is 1. The van der Waals surface area contributed by atoms with E-state index < -0.39 is 11.3 Å². The highest BCUT2D eigenvalue weighted by molar-refractivity contribution is 6.30. The van der Waals surface area contributed by atoms with Crippen LogP contribution in [0.2, 0.25) is 5.02 Å². The predicted octanol–water partition coefficient (Wildman–Crippen LogP) is 2.99. The Morgan fingerprint density at radius 3 is 2.75 bits per heavy atom. The van der Waals surface area contributed by atoms with Gasteiger partial charge in [0.1, 0.15) is 11.1 Å². The number of nitrogens with zero attached hydrogens (tertiary/aromatic N) is 2. The van der Waals surface area contributed by atoms with Gasteiger partial charge in [0.2, 0.25) is 5.43 Å². The molecule has 0 spiro atoms. The first-order valence-electron chi connectivity index (χ1n) is 10.9. The van der Waals surface area contributed by atoms with E-state index in [-0.39, 0.29) is 17.0 Å². The lowest BCUT2D eigenvalue weighted by molar-refractivity contribution is 0.0680. The van der Waals surface area contributed by atoms with Crippen molar-refractivity contribution >= 4 is 23.4 Å². The number of piperidine rings is 1. The molecule has 1 aromatic heterocycles. The van der Waals surface area contributed by atoms with Crippen LogP contribution >= 0.6 is 11.6 Å². The Morgan fingerprint density at radius 1 is 1.25 bits per heavy atom. The van der Waals surface area contributed by atoms with Crippen LogP contribution in [0.1, 0.15) is 46.0 Å². The third-order valence-corrected chi connectivity index (χ3v) is 5.88. The van der Waals surface area contributed by atoms with E-state index in [2.05, 4.69) is 12.2 Å². The van der Waals surface area contributed by atoms with Gasteiger partial charge in [0, 0.05) is 50.7 Å². The smallest absolute Gasteiger partial charge is 0.259 e. The molecule has 0 aliphatic carbocycles. The number of nitrogens with one attached hydrogen (secondary N) is 1. The Morgan fingerprint density at radius 2 is 2.03 bits per heavy atom. The SMILES string of the molecule is COCCn1cc(C(=O)NCCc2cccc(Cl)c2)c(=O)c(C(=O)N2CCC[C@H](C)C2)c1. The van der Waals surface area contributed by atoms with Gasteiger partial charge >= 0.3 is 0 Å². The summed E-state index contributed by atoms with van der Waals surface area (Å²) in [6.45, 7) is 4.51. The van der Waals surface area contributed by atoms with Gasteiger partial charge in [0.05, 0.1) is 6.61 Å². The van der Waals surface area contributed by atoms with Gasteiger partial charge in [0.25, 0.3) is 11.8 Å². The summed E-state index contributed by atoms with van der Waals surface area (Å²) < 4.78 is 6.80. The van der Waals surface area contributed by atoms with Gasteiger partial charge in [-0.1, -0.05) is 30.7 Å². The molecule has 1 aromatic carbocycles. The highest BCUT2D eigenvalue weighted by Gasteiger charge is 2.26. The summed E-state index contributed by atoms with van der Waals surface area (Å²) in [6, 6.07) is 7.40. The maximum atomic E-state index is 13.1. The third kappa shape index (κ3) is 6.20. The van der Waals surface area contributed by atoms with E-state index in [1.165, 1.54) is 12.4 Å². The number of likely N-dealkylation sites (tertiary alicyclic amines) is 1. The van der Waals surface area contributed by atoms with E-state index in [9.17, 15) is 14.4 Å². The van der Waals surface area contributed by atoms with Crippen LogP contribution in [0.4, 0.5) is 0 Å². The molecule has 1 aliphatic rings. The van der Waals surface area contributed by atoms with Gasteiger partial charge in [-0.05, 0) is 42.9 Å². The van der Waals surface area contributed by atoms with Crippen LogP contribution in [0.5, 0.6) is 0 Å². The van der Waals surface area contributed by atoms with Crippen molar-refractivity contribution in [3.63, 3.8) is 0 Å². The van der Waals surface area contributed by atoms with Crippen LogP contribution in [0, 0.1) is 5.92 Å². The van der Waals surface area contributed by atoms with Crippen molar-refractivity contribution in [3.8, 4) is 0 Å². The van der Waals surface area contributed by atoms with Crippen molar-refractivity contribution in [2.24, 2.45) is 5.92 Å². The number of ether oxygens (including phenoxy) is 1. The molecule has 1 saturated heterocycles. The standard InChI is InChI=1S/C24H30ClN3O4/c1-17-5-4-10-28(14-17)24(31)21-16-27(11-12-32-2)15-20(22(21)29)23(30)26-9-8-18-6-3-7-19(25)13-18/h3,6-7,13,15-17H,4-5,8-12,14H2,1-2H3,(H,26,30)/t17-/m0/s1. The molecule has 2 amide bonds. The number of rotatable bonds is 8. The van der Waals surface area contributed by atoms with Crippen LogP contribution in [0.25, 0.3) is 0 Å². The Kier molecular flexibility index (Phi) is 8.47. The number of carbonyl (C=O) groups is 2. The molecule has 2 heterocycles. The molecule has 1 N–H and O–H groups in total. The number of carbonyl (C=O) groups excluding carboxylic acids is 2. The quantitative estimate of drug-likeness (QED) is 0.658. The first kappa shape index (κ1) is 24.0. The highest BCUT2D eigenvalue weighted by Crippen LogP contribution is 2.17. The van der Waals surface area contributed by atoms with Gasteiger partial charge < -0.3 is 19.5 Å². The zero-order valence-corrected chi connectivity index (χ0v) is 19.4. The lowest BCUT2D eigenvalue weighted by Gasteiger charge is -2.31. The van der Waals surface area contributed by atoms with Crippen LogP contribution in [-0.2, 0) is 17.7 Å². The second-order valence-electron chi connectivity index (χ2n) is 8.28. The molecule has 0 radical (unpaired) electrons. The van der Waals surface area contributed by atoms with Crippen molar-refractivity contribution < 1.29 is 14.3 Å². The van der Waals surface area contributed by atoms with E-state index in [1.807, 2.05) is 18.2 Å².